The van der Waals surface area contributed by atoms with Gasteiger partial charge in [0.1, 0.15) is 0 Å². The fourth-order valence-corrected chi connectivity index (χ4v) is 4.32. The van der Waals surface area contributed by atoms with Crippen LogP contribution in [0.4, 0.5) is 0 Å². The molecule has 0 unspecified atom stereocenters. The molecule has 0 aromatic heterocycles. The molecule has 0 bridgehead atoms. The number of carbonyl (C=O) groups is 1. The van der Waals surface area contributed by atoms with E-state index in [1.54, 1.807) is 4.90 Å². The Bertz CT molecular complexity index is 866. The molecule has 0 atom stereocenters. The average molecular weight is 490 g/mol. The fraction of sp³-hybridized carbons (Fsp3) is 0.519. The number of carbonyl (C=O) groups excluding carboxylic acids is 1. The van der Waals surface area contributed by atoms with Gasteiger partial charge >= 0.3 is 7.82 Å². The van der Waals surface area contributed by atoms with E-state index in [0.29, 0.717) is 13.0 Å². The van der Waals surface area contributed by atoms with Crippen LogP contribution in [0.15, 0.2) is 54.6 Å². The number of nitrogens with zero attached hydrogens (tertiary/aromatic N) is 1. The van der Waals surface area contributed by atoms with Crippen LogP contribution in [0.3, 0.4) is 0 Å². The minimum atomic E-state index is -4.54. The number of hydrogen-bond donors (Lipinski definition) is 2. The minimum absolute atomic E-state index is 0.00955. The summed E-state index contributed by atoms with van der Waals surface area (Å²) in [4.78, 5) is 32.2. The van der Waals surface area contributed by atoms with Crippen LogP contribution in [0.25, 0.3) is 0 Å². The largest absolute Gasteiger partial charge is 0.469 e. The first-order valence-corrected chi connectivity index (χ1v) is 14.0. The summed E-state index contributed by atoms with van der Waals surface area (Å²) >= 11 is 0. The van der Waals surface area contributed by atoms with Gasteiger partial charge in [0, 0.05) is 19.5 Å². The molecule has 6 nitrogen and oxygen atoms in total. The van der Waals surface area contributed by atoms with Crippen molar-refractivity contribution in [2.75, 3.05) is 13.2 Å². The van der Waals surface area contributed by atoms with Crippen molar-refractivity contribution in [3.63, 3.8) is 0 Å². The highest BCUT2D eigenvalue weighted by molar-refractivity contribution is 7.46. The van der Waals surface area contributed by atoms with E-state index >= 15 is 0 Å². The van der Waals surface area contributed by atoms with Gasteiger partial charge in [-0.2, -0.15) is 0 Å². The predicted molar refractivity (Wildman–Crippen MR) is 136 cm³/mol. The third-order valence-electron chi connectivity index (χ3n) is 5.86. The monoisotopic (exact) mass is 489 g/mol. The second kappa shape index (κ2) is 15.8. The maximum absolute atomic E-state index is 12.7. The first-order chi connectivity index (χ1) is 16.4. The molecule has 2 N–H and O–H groups in total. The average Bonchev–Trinajstić information content (AvgIpc) is 2.81. The van der Waals surface area contributed by atoms with Crippen molar-refractivity contribution in [1.29, 1.82) is 0 Å². The summed E-state index contributed by atoms with van der Waals surface area (Å²) in [5.74, 6) is -0.00955. The molecular weight excluding hydrogens is 449 g/mol. The Labute approximate surface area is 204 Å². The topological polar surface area (TPSA) is 87.1 Å². The van der Waals surface area contributed by atoms with Crippen LogP contribution in [0.5, 0.6) is 0 Å². The lowest BCUT2D eigenvalue weighted by molar-refractivity contribution is -0.132. The summed E-state index contributed by atoms with van der Waals surface area (Å²) in [6.07, 6.45) is 10.4. The van der Waals surface area contributed by atoms with Crippen LogP contribution in [-0.2, 0) is 33.3 Å². The lowest BCUT2D eigenvalue weighted by Gasteiger charge is -2.23. The minimum Gasteiger partial charge on any atom is -0.336 e. The Morgan fingerprint density at radius 3 is 2.03 bits per heavy atom. The second-order valence-corrected chi connectivity index (χ2v) is 10.1. The number of aryl methyl sites for hydroxylation is 2. The molecule has 1 amide bonds. The molecule has 0 aliphatic heterocycles. The molecule has 0 heterocycles. The van der Waals surface area contributed by atoms with Crippen molar-refractivity contribution < 1.29 is 23.7 Å². The molecule has 34 heavy (non-hydrogen) atoms. The van der Waals surface area contributed by atoms with Crippen LogP contribution in [-0.4, -0.2) is 33.7 Å². The summed E-state index contributed by atoms with van der Waals surface area (Å²) in [5, 5.41) is 0. The molecule has 0 radical (unpaired) electrons. The Kier molecular flexibility index (Phi) is 13.2. The summed E-state index contributed by atoms with van der Waals surface area (Å²) < 4.78 is 15.5. The molecule has 188 valence electrons. The van der Waals surface area contributed by atoms with Gasteiger partial charge in [0.15, 0.2) is 0 Å². The highest BCUT2D eigenvalue weighted by Crippen LogP contribution is 2.35. The van der Waals surface area contributed by atoms with Gasteiger partial charge < -0.3 is 14.7 Å². The van der Waals surface area contributed by atoms with Crippen LogP contribution in [0.1, 0.15) is 75.0 Å². The lowest BCUT2D eigenvalue weighted by Crippen LogP contribution is -2.33. The number of amides is 1. The normalized spacial score (nSPS) is 11.5. The standard InChI is InChI=1S/C27H40NO5P/c1-2-12-24-17-19-25(20-18-24)13-8-5-3-4-6-11-16-27(29)28(21-22-33-34(30,31)32)23-26-14-9-7-10-15-26/h7,9-10,14-15,17-20H,2-6,8,11-13,16,21-23H2,1H3,(H2,30,31,32). The van der Waals surface area contributed by atoms with Gasteiger partial charge in [0.2, 0.25) is 5.91 Å². The van der Waals surface area contributed by atoms with Gasteiger partial charge in [-0.1, -0.05) is 93.6 Å². The molecule has 2 aromatic carbocycles. The number of phosphoric ester groups is 1. The highest BCUT2D eigenvalue weighted by atomic mass is 31.2. The Morgan fingerprint density at radius 1 is 0.824 bits per heavy atom. The van der Waals surface area contributed by atoms with E-state index < -0.39 is 7.82 Å². The summed E-state index contributed by atoms with van der Waals surface area (Å²) in [5.41, 5.74) is 3.80. The quantitative estimate of drug-likeness (QED) is 0.209. The first-order valence-electron chi connectivity index (χ1n) is 12.5. The molecule has 0 saturated carbocycles. The summed E-state index contributed by atoms with van der Waals surface area (Å²) in [7, 11) is -4.54. The van der Waals surface area contributed by atoms with E-state index in [1.165, 1.54) is 36.8 Å². The van der Waals surface area contributed by atoms with Crippen molar-refractivity contribution in [3.8, 4) is 0 Å². The Morgan fingerprint density at radius 2 is 1.41 bits per heavy atom. The summed E-state index contributed by atoms with van der Waals surface area (Å²) in [6.45, 7) is 2.57. The van der Waals surface area contributed by atoms with Gasteiger partial charge in [-0.05, 0) is 42.4 Å². The van der Waals surface area contributed by atoms with E-state index in [1.807, 2.05) is 30.3 Å². The molecular formula is C27H40NO5P. The second-order valence-electron chi connectivity index (χ2n) is 8.81. The van der Waals surface area contributed by atoms with Crippen molar-refractivity contribution in [3.05, 3.63) is 71.3 Å². The van der Waals surface area contributed by atoms with Gasteiger partial charge in [-0.3, -0.25) is 9.32 Å². The van der Waals surface area contributed by atoms with Crippen molar-refractivity contribution >= 4 is 13.7 Å². The Balaban J connectivity index is 1.63. The zero-order chi connectivity index (χ0) is 24.7. The fourth-order valence-electron chi connectivity index (χ4n) is 4.00. The maximum Gasteiger partial charge on any atom is 0.469 e. The van der Waals surface area contributed by atoms with Crippen molar-refractivity contribution in [2.45, 2.75) is 77.7 Å². The molecule has 0 spiro atoms. The molecule has 0 aliphatic carbocycles. The first kappa shape index (κ1) is 28.3. The molecule has 0 aliphatic rings. The molecule has 0 saturated heterocycles. The molecule has 0 fully saturated rings. The predicted octanol–water partition coefficient (Wildman–Crippen LogP) is 6.05. The van der Waals surface area contributed by atoms with E-state index in [0.717, 1.165) is 37.7 Å². The summed E-state index contributed by atoms with van der Waals surface area (Å²) in [6, 6.07) is 18.6. The molecule has 7 heteroatoms. The number of unbranched alkanes of at least 4 members (excludes halogenated alkanes) is 5. The Hall–Kier alpha value is -1.98. The number of benzene rings is 2. The number of rotatable bonds is 17. The van der Waals surface area contributed by atoms with Crippen molar-refractivity contribution in [2.24, 2.45) is 0 Å². The van der Waals surface area contributed by atoms with Crippen LogP contribution >= 0.6 is 7.82 Å². The zero-order valence-corrected chi connectivity index (χ0v) is 21.3. The zero-order valence-electron chi connectivity index (χ0n) is 20.4. The van der Waals surface area contributed by atoms with E-state index in [9.17, 15) is 9.36 Å². The third kappa shape index (κ3) is 12.5. The molecule has 2 rings (SSSR count). The van der Waals surface area contributed by atoms with Crippen LogP contribution in [0, 0.1) is 0 Å². The highest BCUT2D eigenvalue weighted by Gasteiger charge is 2.18. The van der Waals surface area contributed by atoms with E-state index in [2.05, 4.69) is 35.7 Å². The van der Waals surface area contributed by atoms with Crippen LogP contribution in [0.2, 0.25) is 0 Å². The van der Waals surface area contributed by atoms with Crippen molar-refractivity contribution in [1.82, 2.24) is 4.90 Å². The number of hydrogen-bond acceptors (Lipinski definition) is 3. The lowest BCUT2D eigenvalue weighted by atomic mass is 10.0. The van der Waals surface area contributed by atoms with Crippen LogP contribution < -0.4 is 0 Å². The smallest absolute Gasteiger partial charge is 0.336 e. The number of phosphoric acid groups is 1. The SMILES string of the molecule is CCCc1ccc(CCCCCCCCC(=O)N(CCOP(=O)(O)O)Cc2ccccc2)cc1. The van der Waals surface area contributed by atoms with E-state index in [-0.39, 0.29) is 19.1 Å². The van der Waals surface area contributed by atoms with E-state index in [4.69, 9.17) is 9.79 Å². The van der Waals surface area contributed by atoms with Gasteiger partial charge in [-0.25, -0.2) is 4.57 Å². The van der Waals surface area contributed by atoms with Gasteiger partial charge in [-0.15, -0.1) is 0 Å². The molecule has 2 aromatic rings. The maximum atomic E-state index is 12.7. The third-order valence-corrected chi connectivity index (χ3v) is 6.38. The van der Waals surface area contributed by atoms with Gasteiger partial charge in [0.05, 0.1) is 6.61 Å². The van der Waals surface area contributed by atoms with Gasteiger partial charge in [0.25, 0.3) is 0 Å².